The van der Waals surface area contributed by atoms with Gasteiger partial charge in [-0.15, -0.1) is 20.4 Å². The van der Waals surface area contributed by atoms with E-state index in [1.165, 1.54) is 0 Å². The summed E-state index contributed by atoms with van der Waals surface area (Å²) in [6.07, 6.45) is 3.20. The molecule has 0 spiro atoms. The van der Waals surface area contributed by atoms with Gasteiger partial charge in [-0.3, -0.25) is 0 Å². The molecule has 0 bridgehead atoms. The maximum atomic E-state index is 6.29. The summed E-state index contributed by atoms with van der Waals surface area (Å²) in [5.74, 6) is 0. The van der Waals surface area contributed by atoms with Crippen molar-refractivity contribution >= 4 is 11.4 Å². The van der Waals surface area contributed by atoms with Crippen LogP contribution in [-0.4, -0.2) is 30.8 Å². The second-order valence-corrected chi connectivity index (χ2v) is 5.99. The Balaban J connectivity index is 1.60. The number of nitrogens with two attached hydrogens (primary N) is 2. The Kier molecular flexibility index (Phi) is 4.67. The van der Waals surface area contributed by atoms with Gasteiger partial charge in [-0.25, -0.2) is 0 Å². The van der Waals surface area contributed by atoms with E-state index < -0.39 is 0 Å². The summed E-state index contributed by atoms with van der Waals surface area (Å²) in [5.41, 5.74) is 18.6. The van der Waals surface area contributed by atoms with E-state index in [0.29, 0.717) is 11.4 Å². The largest absolute Gasteiger partial charge is 0.397 e. The van der Waals surface area contributed by atoms with Crippen LogP contribution in [0.2, 0.25) is 0 Å². The van der Waals surface area contributed by atoms with Gasteiger partial charge in [0.25, 0.3) is 0 Å². The number of rotatable bonds is 4. The highest BCUT2D eigenvalue weighted by atomic mass is 15.3. The monoisotopic (exact) mass is 368 g/mol. The molecule has 0 unspecified atom stereocenters. The maximum absolute atomic E-state index is 6.29. The van der Waals surface area contributed by atoms with Gasteiger partial charge in [0.15, 0.2) is 0 Å². The van der Waals surface area contributed by atoms with Crippen molar-refractivity contribution in [2.75, 3.05) is 0 Å². The Labute approximate surface area is 161 Å². The average molecular weight is 368 g/mol. The third-order valence-corrected chi connectivity index (χ3v) is 4.28. The molecule has 0 radical (unpaired) electrons. The molecule has 2 aromatic heterocycles. The molecule has 2 aromatic carbocycles. The van der Waals surface area contributed by atoms with E-state index in [2.05, 4.69) is 30.8 Å². The Hall–Kier alpha value is -4.20. The van der Waals surface area contributed by atoms with Crippen molar-refractivity contribution in [1.29, 1.82) is 0 Å². The van der Waals surface area contributed by atoms with Crippen molar-refractivity contribution in [3.8, 4) is 22.5 Å². The molecule has 28 heavy (non-hydrogen) atoms. The lowest BCUT2D eigenvalue weighted by molar-refractivity contribution is 0.870. The number of benzene rings is 2. The Morgan fingerprint density at radius 3 is 1.25 bits per heavy atom. The standard InChI is InChI=1S/C20H16N8/c21-19(15-5-1-13(2-6-15)17-9-11-23-27-25-17)20(22)16-7-3-14(4-8-16)18-10-12-24-28-26-18/h1-12H,21-22H2. The van der Waals surface area contributed by atoms with E-state index in [1.807, 2.05) is 48.5 Å². The first-order valence-electron chi connectivity index (χ1n) is 8.48. The SMILES string of the molecule is NC(=C(N)c1ccc(-c2ccnnn2)cc1)c1ccc(-c2ccnnn2)cc1. The first-order chi connectivity index (χ1) is 13.7. The minimum Gasteiger partial charge on any atom is -0.397 e. The fourth-order valence-electron chi connectivity index (χ4n) is 2.74. The predicted octanol–water partition coefficient (Wildman–Crippen LogP) is 2.13. The Bertz CT molecular complexity index is 1000. The maximum Gasteiger partial charge on any atom is 0.0963 e. The van der Waals surface area contributed by atoms with Crippen LogP contribution in [0.1, 0.15) is 11.1 Å². The zero-order valence-electron chi connectivity index (χ0n) is 14.8. The molecule has 0 atom stereocenters. The van der Waals surface area contributed by atoms with E-state index in [1.54, 1.807) is 24.5 Å². The minimum atomic E-state index is 0.504. The molecule has 0 fully saturated rings. The molecule has 0 aliphatic carbocycles. The van der Waals surface area contributed by atoms with Gasteiger partial charge in [0.2, 0.25) is 0 Å². The van der Waals surface area contributed by atoms with Crippen molar-refractivity contribution in [3.63, 3.8) is 0 Å². The van der Waals surface area contributed by atoms with E-state index >= 15 is 0 Å². The molecule has 4 rings (SSSR count). The zero-order valence-corrected chi connectivity index (χ0v) is 14.8. The normalized spacial score (nSPS) is 11.7. The van der Waals surface area contributed by atoms with Gasteiger partial charge >= 0.3 is 0 Å². The highest BCUT2D eigenvalue weighted by Crippen LogP contribution is 2.24. The van der Waals surface area contributed by atoms with E-state index in [0.717, 1.165) is 33.6 Å². The third-order valence-electron chi connectivity index (χ3n) is 4.28. The average Bonchev–Trinajstić information content (AvgIpc) is 2.79. The van der Waals surface area contributed by atoms with Crippen molar-refractivity contribution in [2.45, 2.75) is 0 Å². The molecule has 0 aliphatic rings. The first kappa shape index (κ1) is 17.2. The van der Waals surface area contributed by atoms with Crippen molar-refractivity contribution in [3.05, 3.63) is 84.2 Å². The topological polar surface area (TPSA) is 129 Å². The van der Waals surface area contributed by atoms with Crippen LogP contribution in [0.3, 0.4) is 0 Å². The molecular formula is C20H16N8. The van der Waals surface area contributed by atoms with Crippen LogP contribution in [0.25, 0.3) is 33.9 Å². The van der Waals surface area contributed by atoms with Gasteiger partial charge in [-0.2, -0.15) is 0 Å². The van der Waals surface area contributed by atoms with Gasteiger partial charge in [0.1, 0.15) is 0 Å². The zero-order chi connectivity index (χ0) is 19.3. The number of aromatic nitrogens is 6. The first-order valence-corrected chi connectivity index (χ1v) is 8.48. The minimum absolute atomic E-state index is 0.504. The van der Waals surface area contributed by atoms with Gasteiger partial charge in [0.05, 0.1) is 35.2 Å². The molecule has 0 aliphatic heterocycles. The highest BCUT2D eigenvalue weighted by molar-refractivity contribution is 5.88. The Morgan fingerprint density at radius 2 is 0.929 bits per heavy atom. The summed E-state index contributed by atoms with van der Waals surface area (Å²) in [4.78, 5) is 0. The molecule has 0 amide bonds. The van der Waals surface area contributed by atoms with E-state index in [4.69, 9.17) is 11.5 Å². The van der Waals surface area contributed by atoms with Gasteiger partial charge in [-0.1, -0.05) is 48.5 Å². The van der Waals surface area contributed by atoms with Crippen LogP contribution in [0.15, 0.2) is 73.1 Å². The van der Waals surface area contributed by atoms with Crippen LogP contribution < -0.4 is 11.5 Å². The third kappa shape index (κ3) is 3.51. The summed E-state index contributed by atoms with van der Waals surface area (Å²) < 4.78 is 0. The molecule has 0 saturated heterocycles. The van der Waals surface area contributed by atoms with Crippen LogP contribution in [0.5, 0.6) is 0 Å². The fourth-order valence-corrected chi connectivity index (χ4v) is 2.74. The number of nitrogens with zero attached hydrogens (tertiary/aromatic N) is 6. The smallest absolute Gasteiger partial charge is 0.0963 e. The highest BCUT2D eigenvalue weighted by Gasteiger charge is 2.08. The fraction of sp³-hybridized carbons (Fsp3) is 0. The van der Waals surface area contributed by atoms with Crippen molar-refractivity contribution in [1.82, 2.24) is 30.8 Å². The molecule has 136 valence electrons. The molecule has 2 heterocycles. The number of hydrogen-bond acceptors (Lipinski definition) is 8. The molecule has 0 saturated carbocycles. The molecule has 4 aromatic rings. The lowest BCUT2D eigenvalue weighted by Crippen LogP contribution is -2.08. The Morgan fingerprint density at radius 1 is 0.536 bits per heavy atom. The summed E-state index contributed by atoms with van der Waals surface area (Å²) in [6, 6.07) is 18.9. The van der Waals surface area contributed by atoms with E-state index in [-0.39, 0.29) is 0 Å². The van der Waals surface area contributed by atoms with Crippen molar-refractivity contribution in [2.24, 2.45) is 11.5 Å². The van der Waals surface area contributed by atoms with Gasteiger partial charge < -0.3 is 11.5 Å². The van der Waals surface area contributed by atoms with Gasteiger partial charge in [0, 0.05) is 11.1 Å². The molecular weight excluding hydrogens is 352 g/mol. The molecule has 8 nitrogen and oxygen atoms in total. The van der Waals surface area contributed by atoms with E-state index in [9.17, 15) is 0 Å². The second kappa shape index (κ2) is 7.58. The lowest BCUT2D eigenvalue weighted by Gasteiger charge is -2.10. The lowest BCUT2D eigenvalue weighted by atomic mass is 10.0. The van der Waals surface area contributed by atoms with Gasteiger partial charge in [-0.05, 0) is 33.7 Å². The summed E-state index contributed by atoms with van der Waals surface area (Å²) in [7, 11) is 0. The van der Waals surface area contributed by atoms with Crippen LogP contribution in [0, 0.1) is 0 Å². The molecule has 4 N–H and O–H groups in total. The molecule has 8 heteroatoms. The van der Waals surface area contributed by atoms with Crippen molar-refractivity contribution < 1.29 is 0 Å². The van der Waals surface area contributed by atoms with Crippen LogP contribution in [0.4, 0.5) is 0 Å². The van der Waals surface area contributed by atoms with Crippen LogP contribution in [-0.2, 0) is 0 Å². The quantitative estimate of drug-likeness (QED) is 0.524. The van der Waals surface area contributed by atoms with Crippen LogP contribution >= 0.6 is 0 Å². The summed E-state index contributed by atoms with van der Waals surface area (Å²) in [5, 5.41) is 22.7. The second-order valence-electron chi connectivity index (χ2n) is 5.99. The summed E-state index contributed by atoms with van der Waals surface area (Å²) in [6.45, 7) is 0. The summed E-state index contributed by atoms with van der Waals surface area (Å²) >= 11 is 0. The predicted molar refractivity (Wildman–Crippen MR) is 106 cm³/mol. The number of hydrogen-bond donors (Lipinski definition) is 2.